The zero-order chi connectivity index (χ0) is 13.9. The van der Waals surface area contributed by atoms with Crippen molar-refractivity contribution in [3.8, 4) is 0 Å². The Morgan fingerprint density at radius 2 is 1.86 bits per heavy atom. The minimum atomic E-state index is -0.0667. The van der Waals surface area contributed by atoms with Crippen molar-refractivity contribution in [2.75, 3.05) is 26.2 Å². The normalized spacial score (nSPS) is 22.0. The van der Waals surface area contributed by atoms with Gasteiger partial charge in [-0.05, 0) is 40.8 Å². The minimum absolute atomic E-state index is 0. The van der Waals surface area contributed by atoms with Crippen LogP contribution in [0.4, 0.5) is 4.39 Å². The molecule has 2 aliphatic rings. The lowest BCUT2D eigenvalue weighted by Crippen LogP contribution is -2.46. The monoisotopic (exact) mass is 376 g/mol. The van der Waals surface area contributed by atoms with E-state index in [-0.39, 0.29) is 24.3 Å². The number of benzene rings is 1. The molecule has 1 atom stereocenters. The van der Waals surface area contributed by atoms with Gasteiger partial charge < -0.3 is 5.32 Å². The van der Waals surface area contributed by atoms with Crippen molar-refractivity contribution in [2.45, 2.75) is 31.7 Å². The Hall–Kier alpha value is -0.160. The van der Waals surface area contributed by atoms with Crippen LogP contribution in [0, 0.1) is 11.7 Å². The molecular weight excluding hydrogens is 355 g/mol. The highest BCUT2D eigenvalue weighted by Gasteiger charge is 2.33. The van der Waals surface area contributed by atoms with E-state index in [1.165, 1.54) is 25.7 Å². The molecule has 0 spiro atoms. The highest BCUT2D eigenvalue weighted by molar-refractivity contribution is 9.10. The molecule has 2 fully saturated rings. The summed E-state index contributed by atoms with van der Waals surface area (Å²) in [6.07, 6.45) is 5.06. The number of rotatable bonds is 3. The number of hydrogen-bond donors (Lipinski definition) is 1. The summed E-state index contributed by atoms with van der Waals surface area (Å²) >= 11 is 3.34. The third kappa shape index (κ3) is 3.79. The second-order valence-corrected chi connectivity index (χ2v) is 6.77. The van der Waals surface area contributed by atoms with E-state index in [1.807, 2.05) is 12.1 Å². The number of nitrogens with one attached hydrogen (secondary N) is 1. The van der Waals surface area contributed by atoms with Crippen LogP contribution >= 0.6 is 28.3 Å². The Labute approximate surface area is 141 Å². The minimum Gasteiger partial charge on any atom is -0.314 e. The van der Waals surface area contributed by atoms with Crippen LogP contribution in [-0.2, 0) is 0 Å². The molecule has 1 aliphatic heterocycles. The van der Waals surface area contributed by atoms with Crippen LogP contribution in [0.3, 0.4) is 0 Å². The molecule has 1 aromatic rings. The quantitative estimate of drug-likeness (QED) is 0.851. The van der Waals surface area contributed by atoms with Crippen LogP contribution in [0.2, 0.25) is 0 Å². The molecule has 5 heteroatoms. The summed E-state index contributed by atoms with van der Waals surface area (Å²) in [6, 6.07) is 5.98. The Morgan fingerprint density at radius 1 is 1.19 bits per heavy atom. The summed E-state index contributed by atoms with van der Waals surface area (Å²) in [6.45, 7) is 4.07. The standard InChI is InChI=1S/C16H22BrFN2.ClH/c17-14-7-3-6-13(15(14)18)16(12-4-1-2-5-12)20-10-8-19-9-11-20;/h3,6-7,12,16,19H,1-2,4-5,8-11H2;1H/t16-;/m1./s1. The fraction of sp³-hybridized carbons (Fsp3) is 0.625. The van der Waals surface area contributed by atoms with Crippen molar-refractivity contribution in [3.05, 3.63) is 34.1 Å². The summed E-state index contributed by atoms with van der Waals surface area (Å²) in [5, 5.41) is 3.39. The number of hydrogen-bond acceptors (Lipinski definition) is 2. The summed E-state index contributed by atoms with van der Waals surface area (Å²) in [5.41, 5.74) is 0.883. The average Bonchev–Trinajstić information content (AvgIpc) is 2.99. The third-order valence-corrected chi connectivity index (χ3v) is 5.30. The fourth-order valence-corrected chi connectivity index (χ4v) is 4.11. The molecule has 1 aliphatic carbocycles. The van der Waals surface area contributed by atoms with Gasteiger partial charge in [-0.2, -0.15) is 0 Å². The third-order valence-electron chi connectivity index (χ3n) is 4.69. The molecule has 1 N–H and O–H groups in total. The van der Waals surface area contributed by atoms with Gasteiger partial charge in [0.25, 0.3) is 0 Å². The van der Waals surface area contributed by atoms with Gasteiger partial charge in [-0.1, -0.05) is 25.0 Å². The van der Waals surface area contributed by atoms with Gasteiger partial charge in [-0.3, -0.25) is 4.90 Å². The maximum atomic E-state index is 14.6. The molecule has 1 heterocycles. The molecule has 118 valence electrons. The molecule has 3 rings (SSSR count). The summed E-state index contributed by atoms with van der Waals surface area (Å²) in [4.78, 5) is 2.48. The average molecular weight is 378 g/mol. The number of piperazine rings is 1. The molecule has 1 aromatic carbocycles. The lowest BCUT2D eigenvalue weighted by Gasteiger charge is -2.38. The molecule has 0 bridgehead atoms. The Bertz CT molecular complexity index is 460. The molecular formula is C16H23BrClFN2. The van der Waals surface area contributed by atoms with Crippen LogP contribution in [0.1, 0.15) is 37.3 Å². The van der Waals surface area contributed by atoms with Gasteiger partial charge in [0, 0.05) is 37.8 Å². The molecule has 1 saturated carbocycles. The lowest BCUT2D eigenvalue weighted by molar-refractivity contribution is 0.122. The summed E-state index contributed by atoms with van der Waals surface area (Å²) in [7, 11) is 0. The maximum absolute atomic E-state index is 14.6. The van der Waals surface area contributed by atoms with E-state index in [9.17, 15) is 4.39 Å². The predicted octanol–water partition coefficient (Wildman–Crippen LogP) is 4.15. The fourth-order valence-electron chi connectivity index (χ4n) is 3.73. The van der Waals surface area contributed by atoms with E-state index >= 15 is 0 Å². The lowest BCUT2D eigenvalue weighted by atomic mass is 9.89. The first-order valence-corrected chi connectivity index (χ1v) is 8.45. The second-order valence-electron chi connectivity index (χ2n) is 5.92. The van der Waals surface area contributed by atoms with E-state index in [0.29, 0.717) is 10.4 Å². The summed E-state index contributed by atoms with van der Waals surface area (Å²) in [5.74, 6) is 0.542. The van der Waals surface area contributed by atoms with Crippen LogP contribution in [0.5, 0.6) is 0 Å². The molecule has 2 nitrogen and oxygen atoms in total. The highest BCUT2D eigenvalue weighted by Crippen LogP contribution is 2.41. The van der Waals surface area contributed by atoms with E-state index < -0.39 is 0 Å². The predicted molar refractivity (Wildman–Crippen MR) is 90.5 cm³/mol. The van der Waals surface area contributed by atoms with Gasteiger partial charge in [-0.15, -0.1) is 12.4 Å². The first-order chi connectivity index (χ1) is 9.77. The number of nitrogens with zero attached hydrogens (tertiary/aromatic N) is 1. The van der Waals surface area contributed by atoms with Gasteiger partial charge in [0.1, 0.15) is 5.82 Å². The molecule has 0 aromatic heterocycles. The Kier molecular flexibility index (Phi) is 6.48. The van der Waals surface area contributed by atoms with E-state index in [4.69, 9.17) is 0 Å². The van der Waals surface area contributed by atoms with E-state index in [0.717, 1.165) is 31.7 Å². The van der Waals surface area contributed by atoms with Crippen molar-refractivity contribution in [3.63, 3.8) is 0 Å². The molecule has 0 unspecified atom stereocenters. The zero-order valence-electron chi connectivity index (χ0n) is 12.2. The van der Waals surface area contributed by atoms with Crippen molar-refractivity contribution >= 4 is 28.3 Å². The van der Waals surface area contributed by atoms with Gasteiger partial charge in [-0.25, -0.2) is 4.39 Å². The molecule has 0 radical (unpaired) electrons. The van der Waals surface area contributed by atoms with Gasteiger partial charge >= 0.3 is 0 Å². The van der Waals surface area contributed by atoms with Crippen LogP contribution in [0.15, 0.2) is 22.7 Å². The Balaban J connectivity index is 0.00000161. The zero-order valence-corrected chi connectivity index (χ0v) is 14.6. The topological polar surface area (TPSA) is 15.3 Å². The van der Waals surface area contributed by atoms with Crippen LogP contribution < -0.4 is 5.32 Å². The van der Waals surface area contributed by atoms with E-state index in [1.54, 1.807) is 6.07 Å². The summed E-state index contributed by atoms with van der Waals surface area (Å²) < 4.78 is 15.2. The van der Waals surface area contributed by atoms with Crippen LogP contribution in [-0.4, -0.2) is 31.1 Å². The van der Waals surface area contributed by atoms with Crippen molar-refractivity contribution < 1.29 is 4.39 Å². The SMILES string of the molecule is Cl.Fc1c(Br)cccc1[C@@H](C1CCCC1)N1CCNCC1. The maximum Gasteiger partial charge on any atom is 0.142 e. The van der Waals surface area contributed by atoms with Gasteiger partial charge in [0.05, 0.1) is 4.47 Å². The first-order valence-electron chi connectivity index (χ1n) is 7.66. The number of halogens is 3. The first kappa shape index (κ1) is 17.2. The molecule has 21 heavy (non-hydrogen) atoms. The smallest absolute Gasteiger partial charge is 0.142 e. The van der Waals surface area contributed by atoms with Crippen molar-refractivity contribution in [1.82, 2.24) is 10.2 Å². The highest BCUT2D eigenvalue weighted by atomic mass is 79.9. The molecule has 0 amide bonds. The molecule has 1 saturated heterocycles. The van der Waals surface area contributed by atoms with Gasteiger partial charge in [0.15, 0.2) is 0 Å². The van der Waals surface area contributed by atoms with Crippen molar-refractivity contribution in [2.24, 2.45) is 5.92 Å². The van der Waals surface area contributed by atoms with Crippen LogP contribution in [0.25, 0.3) is 0 Å². The van der Waals surface area contributed by atoms with E-state index in [2.05, 4.69) is 26.1 Å². The van der Waals surface area contributed by atoms with Gasteiger partial charge in [0.2, 0.25) is 0 Å². The Morgan fingerprint density at radius 3 is 2.52 bits per heavy atom. The second kappa shape index (κ2) is 7.91. The largest absolute Gasteiger partial charge is 0.314 e. The van der Waals surface area contributed by atoms with Crippen molar-refractivity contribution in [1.29, 1.82) is 0 Å².